The Morgan fingerprint density at radius 2 is 2.00 bits per heavy atom. The van der Waals surface area contributed by atoms with E-state index in [1.54, 1.807) is 19.1 Å². The van der Waals surface area contributed by atoms with Crippen LogP contribution < -0.4 is 9.63 Å². The lowest BCUT2D eigenvalue weighted by Crippen LogP contribution is -2.39. The molecule has 0 aromatic carbocycles. The van der Waals surface area contributed by atoms with E-state index >= 15 is 0 Å². The molecule has 1 aromatic rings. The standard InChI is InChI=1S/C10H13ClN2O/c1-8-6-9(11)7-10(13(8)14)12-4-2-3-5-12/h6-7H,2-5H2,1H3. The zero-order valence-corrected chi connectivity index (χ0v) is 8.92. The molecule has 1 aliphatic rings. The molecule has 0 saturated carbocycles. The summed E-state index contributed by atoms with van der Waals surface area (Å²) in [5.74, 6) is 0.688. The molecule has 0 atom stereocenters. The topological polar surface area (TPSA) is 30.2 Å². The monoisotopic (exact) mass is 212 g/mol. The van der Waals surface area contributed by atoms with Crippen LogP contribution in [0.3, 0.4) is 0 Å². The summed E-state index contributed by atoms with van der Waals surface area (Å²) in [6.07, 6.45) is 2.32. The Labute approximate surface area is 88.5 Å². The number of anilines is 1. The van der Waals surface area contributed by atoms with E-state index in [4.69, 9.17) is 11.6 Å². The second-order valence-electron chi connectivity index (χ2n) is 3.66. The van der Waals surface area contributed by atoms with Crippen molar-refractivity contribution >= 4 is 17.4 Å². The van der Waals surface area contributed by atoms with E-state index in [9.17, 15) is 5.21 Å². The number of nitrogens with zero attached hydrogens (tertiary/aromatic N) is 2. The Kier molecular flexibility index (Phi) is 2.50. The number of hydrogen-bond acceptors (Lipinski definition) is 2. The fraction of sp³-hybridized carbons (Fsp3) is 0.500. The quantitative estimate of drug-likeness (QED) is 0.526. The predicted molar refractivity (Wildman–Crippen MR) is 56.6 cm³/mol. The molecule has 0 amide bonds. The van der Waals surface area contributed by atoms with Crippen LogP contribution in [0.4, 0.5) is 5.82 Å². The molecule has 2 rings (SSSR count). The molecule has 76 valence electrons. The van der Waals surface area contributed by atoms with Gasteiger partial charge in [-0.25, -0.2) is 4.73 Å². The van der Waals surface area contributed by atoms with Gasteiger partial charge in [-0.15, -0.1) is 0 Å². The highest BCUT2D eigenvalue weighted by Gasteiger charge is 2.22. The zero-order valence-electron chi connectivity index (χ0n) is 8.16. The van der Waals surface area contributed by atoms with Crippen molar-refractivity contribution in [2.75, 3.05) is 18.0 Å². The number of aromatic nitrogens is 1. The van der Waals surface area contributed by atoms with Crippen molar-refractivity contribution < 1.29 is 4.73 Å². The summed E-state index contributed by atoms with van der Waals surface area (Å²) in [6, 6.07) is 3.43. The van der Waals surface area contributed by atoms with Crippen LogP contribution in [0.25, 0.3) is 0 Å². The van der Waals surface area contributed by atoms with Gasteiger partial charge in [0.25, 0.3) is 5.82 Å². The van der Waals surface area contributed by atoms with Gasteiger partial charge in [-0.05, 0) is 25.8 Å². The first kappa shape index (κ1) is 9.59. The molecule has 0 spiro atoms. The van der Waals surface area contributed by atoms with Crippen molar-refractivity contribution in [3.8, 4) is 0 Å². The van der Waals surface area contributed by atoms with Gasteiger partial charge in [0.05, 0.1) is 18.1 Å². The second kappa shape index (κ2) is 3.65. The molecule has 1 aliphatic heterocycles. The van der Waals surface area contributed by atoms with E-state index in [2.05, 4.69) is 4.90 Å². The van der Waals surface area contributed by atoms with Crippen molar-refractivity contribution in [1.29, 1.82) is 0 Å². The maximum Gasteiger partial charge on any atom is 0.281 e. The minimum atomic E-state index is 0.636. The highest BCUT2D eigenvalue weighted by Crippen LogP contribution is 2.20. The highest BCUT2D eigenvalue weighted by atomic mass is 35.5. The van der Waals surface area contributed by atoms with E-state index in [-0.39, 0.29) is 0 Å². The average molecular weight is 213 g/mol. The first-order chi connectivity index (χ1) is 6.68. The highest BCUT2D eigenvalue weighted by molar-refractivity contribution is 6.30. The minimum absolute atomic E-state index is 0.636. The lowest BCUT2D eigenvalue weighted by Gasteiger charge is -2.17. The first-order valence-electron chi connectivity index (χ1n) is 4.83. The van der Waals surface area contributed by atoms with Gasteiger partial charge < -0.3 is 5.21 Å². The van der Waals surface area contributed by atoms with Crippen LogP contribution in [0.15, 0.2) is 12.1 Å². The SMILES string of the molecule is Cc1cc(Cl)cc(N2CCCC2)[n+]1[O-]. The van der Waals surface area contributed by atoms with Crippen LogP contribution in [0.2, 0.25) is 5.02 Å². The first-order valence-corrected chi connectivity index (χ1v) is 5.21. The van der Waals surface area contributed by atoms with E-state index in [1.165, 1.54) is 0 Å². The third-order valence-electron chi connectivity index (χ3n) is 2.57. The molecule has 4 heteroatoms. The molecule has 0 N–H and O–H groups in total. The molecule has 1 saturated heterocycles. The molecular formula is C10H13ClN2O. The minimum Gasteiger partial charge on any atom is -0.710 e. The Balaban J connectivity index is 2.40. The van der Waals surface area contributed by atoms with Crippen LogP contribution in [0.5, 0.6) is 0 Å². The van der Waals surface area contributed by atoms with Gasteiger partial charge in [-0.1, -0.05) is 11.6 Å². The van der Waals surface area contributed by atoms with Gasteiger partial charge in [-0.3, -0.25) is 4.90 Å². The van der Waals surface area contributed by atoms with E-state index < -0.39 is 0 Å². The number of pyridine rings is 1. The summed E-state index contributed by atoms with van der Waals surface area (Å²) in [5.41, 5.74) is 0.652. The third-order valence-corrected chi connectivity index (χ3v) is 2.79. The second-order valence-corrected chi connectivity index (χ2v) is 4.10. The molecule has 0 aliphatic carbocycles. The van der Waals surface area contributed by atoms with Gasteiger partial charge in [0.2, 0.25) is 0 Å². The lowest BCUT2D eigenvalue weighted by molar-refractivity contribution is -0.599. The van der Waals surface area contributed by atoms with E-state index in [1.807, 2.05) is 0 Å². The predicted octanol–water partition coefficient (Wildman–Crippen LogP) is 1.88. The molecule has 1 fully saturated rings. The summed E-state index contributed by atoms with van der Waals surface area (Å²) in [4.78, 5) is 2.09. The van der Waals surface area contributed by atoms with Crippen LogP contribution >= 0.6 is 11.6 Å². The van der Waals surface area contributed by atoms with E-state index in [0.29, 0.717) is 16.5 Å². The van der Waals surface area contributed by atoms with Crippen LogP contribution in [-0.2, 0) is 0 Å². The van der Waals surface area contributed by atoms with Gasteiger partial charge in [-0.2, -0.15) is 0 Å². The molecule has 0 bridgehead atoms. The summed E-state index contributed by atoms with van der Waals surface area (Å²) in [7, 11) is 0. The fourth-order valence-corrected chi connectivity index (χ4v) is 2.08. The van der Waals surface area contributed by atoms with Crippen molar-refractivity contribution in [2.24, 2.45) is 0 Å². The Bertz CT molecular complexity index is 348. The zero-order chi connectivity index (χ0) is 10.1. The molecule has 3 nitrogen and oxygen atoms in total. The maximum atomic E-state index is 11.7. The van der Waals surface area contributed by atoms with E-state index in [0.717, 1.165) is 30.7 Å². The number of hydrogen-bond donors (Lipinski definition) is 0. The van der Waals surface area contributed by atoms with Gasteiger partial charge >= 0.3 is 0 Å². The molecular weight excluding hydrogens is 200 g/mol. The van der Waals surface area contributed by atoms with Crippen molar-refractivity contribution in [1.82, 2.24) is 0 Å². The smallest absolute Gasteiger partial charge is 0.281 e. The molecule has 1 aromatic heterocycles. The fourth-order valence-electron chi connectivity index (χ4n) is 1.83. The number of halogens is 1. The third kappa shape index (κ3) is 1.64. The largest absolute Gasteiger partial charge is 0.710 e. The summed E-state index contributed by atoms with van der Waals surface area (Å²) in [6.45, 7) is 3.70. The maximum absolute atomic E-state index is 11.7. The molecule has 2 heterocycles. The molecule has 0 radical (unpaired) electrons. The Morgan fingerprint density at radius 3 is 2.64 bits per heavy atom. The van der Waals surface area contributed by atoms with Crippen molar-refractivity contribution in [3.63, 3.8) is 0 Å². The Morgan fingerprint density at radius 1 is 1.36 bits per heavy atom. The average Bonchev–Trinajstić information content (AvgIpc) is 2.63. The van der Waals surface area contributed by atoms with Crippen LogP contribution in [0, 0.1) is 12.1 Å². The van der Waals surface area contributed by atoms with Crippen molar-refractivity contribution in [2.45, 2.75) is 19.8 Å². The lowest BCUT2D eigenvalue weighted by atomic mass is 10.3. The normalized spacial score (nSPS) is 16.3. The Hall–Kier alpha value is -0.960. The van der Waals surface area contributed by atoms with Gasteiger partial charge in [0.1, 0.15) is 5.69 Å². The van der Waals surface area contributed by atoms with Gasteiger partial charge in [0, 0.05) is 6.07 Å². The summed E-state index contributed by atoms with van der Waals surface area (Å²) in [5, 5.41) is 12.4. The van der Waals surface area contributed by atoms with Crippen LogP contribution in [-0.4, -0.2) is 13.1 Å². The van der Waals surface area contributed by atoms with Crippen molar-refractivity contribution in [3.05, 3.63) is 28.1 Å². The molecule has 14 heavy (non-hydrogen) atoms. The summed E-state index contributed by atoms with van der Waals surface area (Å²) < 4.78 is 0.956. The van der Waals surface area contributed by atoms with Crippen LogP contribution in [0.1, 0.15) is 18.5 Å². The summed E-state index contributed by atoms with van der Waals surface area (Å²) >= 11 is 5.92. The number of rotatable bonds is 1. The molecule has 0 unspecified atom stereocenters. The number of aryl methyl sites for hydroxylation is 1. The van der Waals surface area contributed by atoms with Gasteiger partial charge in [0.15, 0.2) is 0 Å².